The second-order valence-corrected chi connectivity index (χ2v) is 3.97. The highest BCUT2D eigenvalue weighted by Crippen LogP contribution is 2.16. The molecule has 0 aliphatic heterocycles. The number of aryl methyl sites for hydroxylation is 1. The highest BCUT2D eigenvalue weighted by atomic mass is 35.5. The van der Waals surface area contributed by atoms with Crippen molar-refractivity contribution in [3.05, 3.63) is 42.2 Å². The van der Waals surface area contributed by atoms with Crippen molar-refractivity contribution in [3.8, 4) is 0 Å². The first-order valence-electron chi connectivity index (χ1n) is 5.19. The SMILES string of the molecule is CN(Cc1cnn(C)c1)c1ccc(N)cc1.Cl. The van der Waals surface area contributed by atoms with Crippen molar-refractivity contribution in [1.29, 1.82) is 0 Å². The molecule has 0 spiro atoms. The summed E-state index contributed by atoms with van der Waals surface area (Å²) in [5.41, 5.74) is 8.79. The van der Waals surface area contributed by atoms with Crippen LogP contribution in [0.1, 0.15) is 5.56 Å². The Bertz CT molecular complexity index is 464. The molecule has 0 aliphatic rings. The van der Waals surface area contributed by atoms with Crippen LogP contribution in [-0.4, -0.2) is 16.8 Å². The Morgan fingerprint density at radius 1 is 1.29 bits per heavy atom. The maximum Gasteiger partial charge on any atom is 0.0539 e. The lowest BCUT2D eigenvalue weighted by atomic mass is 10.2. The van der Waals surface area contributed by atoms with E-state index in [1.807, 2.05) is 48.4 Å². The molecule has 0 aliphatic carbocycles. The first-order valence-corrected chi connectivity index (χ1v) is 5.19. The molecular weight excluding hydrogens is 236 g/mol. The van der Waals surface area contributed by atoms with Gasteiger partial charge in [-0.05, 0) is 24.3 Å². The summed E-state index contributed by atoms with van der Waals surface area (Å²) < 4.78 is 1.81. The van der Waals surface area contributed by atoms with Gasteiger partial charge in [0.25, 0.3) is 0 Å². The fraction of sp³-hybridized carbons (Fsp3) is 0.250. The molecule has 2 rings (SSSR count). The van der Waals surface area contributed by atoms with E-state index in [0.29, 0.717) is 0 Å². The van der Waals surface area contributed by atoms with Gasteiger partial charge in [-0.1, -0.05) is 0 Å². The molecule has 0 fully saturated rings. The van der Waals surface area contributed by atoms with E-state index < -0.39 is 0 Å². The van der Waals surface area contributed by atoms with Gasteiger partial charge in [0.05, 0.1) is 6.20 Å². The minimum absolute atomic E-state index is 0. The van der Waals surface area contributed by atoms with Crippen molar-refractivity contribution in [3.63, 3.8) is 0 Å². The van der Waals surface area contributed by atoms with Gasteiger partial charge < -0.3 is 10.6 Å². The zero-order valence-electron chi connectivity index (χ0n) is 10.00. The summed E-state index contributed by atoms with van der Waals surface area (Å²) in [6.45, 7) is 0.845. The molecule has 17 heavy (non-hydrogen) atoms. The number of nitrogens with two attached hydrogens (primary N) is 1. The van der Waals surface area contributed by atoms with Crippen LogP contribution in [0.25, 0.3) is 0 Å². The maximum absolute atomic E-state index is 5.65. The first-order chi connectivity index (χ1) is 7.65. The van der Waals surface area contributed by atoms with Crippen LogP contribution < -0.4 is 10.6 Å². The molecule has 0 saturated heterocycles. The summed E-state index contributed by atoms with van der Waals surface area (Å²) in [5, 5.41) is 4.15. The number of aromatic nitrogens is 2. The molecule has 1 heterocycles. The molecule has 2 aromatic rings. The Balaban J connectivity index is 0.00000144. The summed E-state index contributed by atoms with van der Waals surface area (Å²) >= 11 is 0. The fourth-order valence-corrected chi connectivity index (χ4v) is 1.65. The number of nitrogen functional groups attached to an aromatic ring is 1. The van der Waals surface area contributed by atoms with Crippen molar-refractivity contribution in [1.82, 2.24) is 9.78 Å². The van der Waals surface area contributed by atoms with Crippen molar-refractivity contribution in [2.24, 2.45) is 7.05 Å². The second-order valence-electron chi connectivity index (χ2n) is 3.97. The zero-order chi connectivity index (χ0) is 11.5. The smallest absolute Gasteiger partial charge is 0.0539 e. The Morgan fingerprint density at radius 3 is 2.47 bits per heavy atom. The van der Waals surface area contributed by atoms with Crippen LogP contribution in [0, 0.1) is 0 Å². The average Bonchev–Trinajstić information content (AvgIpc) is 2.65. The molecule has 0 atom stereocenters. The molecule has 0 saturated carbocycles. The molecule has 0 amide bonds. The molecule has 92 valence electrons. The number of nitrogens with zero attached hydrogens (tertiary/aromatic N) is 3. The van der Waals surface area contributed by atoms with Crippen LogP contribution >= 0.6 is 12.4 Å². The third-order valence-corrected chi connectivity index (χ3v) is 2.51. The van der Waals surface area contributed by atoms with Gasteiger partial charge in [-0.3, -0.25) is 4.68 Å². The summed E-state index contributed by atoms with van der Waals surface area (Å²) in [6.07, 6.45) is 3.90. The standard InChI is InChI=1S/C12H16N4.ClH/c1-15(8-10-7-14-16(2)9-10)12-5-3-11(13)4-6-12;/h3-7,9H,8,13H2,1-2H3;1H. The summed E-state index contributed by atoms with van der Waals surface area (Å²) in [5.74, 6) is 0. The van der Waals surface area contributed by atoms with Gasteiger partial charge in [0.15, 0.2) is 0 Å². The number of hydrogen-bond acceptors (Lipinski definition) is 3. The second kappa shape index (κ2) is 5.59. The van der Waals surface area contributed by atoms with Gasteiger partial charge in [0, 0.05) is 43.8 Å². The maximum atomic E-state index is 5.65. The van der Waals surface area contributed by atoms with Gasteiger partial charge in [-0.15, -0.1) is 12.4 Å². The number of rotatable bonds is 3. The number of benzene rings is 1. The first kappa shape index (κ1) is 13.4. The topological polar surface area (TPSA) is 47.1 Å². The van der Waals surface area contributed by atoms with Gasteiger partial charge in [-0.2, -0.15) is 5.10 Å². The van der Waals surface area contributed by atoms with Crippen LogP contribution in [0.5, 0.6) is 0 Å². The monoisotopic (exact) mass is 252 g/mol. The van der Waals surface area contributed by atoms with Crippen LogP contribution in [0.15, 0.2) is 36.7 Å². The Labute approximate surface area is 107 Å². The molecule has 2 N–H and O–H groups in total. The Kier molecular flexibility index (Phi) is 4.40. The van der Waals surface area contributed by atoms with Crippen molar-refractivity contribution in [2.75, 3.05) is 17.7 Å². The average molecular weight is 253 g/mol. The molecule has 1 aromatic heterocycles. The van der Waals surface area contributed by atoms with Gasteiger partial charge in [0.2, 0.25) is 0 Å². The zero-order valence-corrected chi connectivity index (χ0v) is 10.8. The third-order valence-electron chi connectivity index (χ3n) is 2.51. The quantitative estimate of drug-likeness (QED) is 0.851. The van der Waals surface area contributed by atoms with Crippen molar-refractivity contribution < 1.29 is 0 Å². The highest BCUT2D eigenvalue weighted by molar-refractivity contribution is 5.85. The number of hydrogen-bond donors (Lipinski definition) is 1. The van der Waals surface area contributed by atoms with E-state index in [4.69, 9.17) is 5.73 Å². The highest BCUT2D eigenvalue weighted by Gasteiger charge is 2.03. The molecule has 1 aromatic carbocycles. The Morgan fingerprint density at radius 2 is 1.94 bits per heavy atom. The predicted molar refractivity (Wildman–Crippen MR) is 73.4 cm³/mol. The van der Waals surface area contributed by atoms with Crippen LogP contribution in [0.3, 0.4) is 0 Å². The van der Waals surface area contributed by atoms with Crippen molar-refractivity contribution >= 4 is 23.8 Å². The molecule has 5 heteroatoms. The normalized spacial score (nSPS) is 9.76. The number of anilines is 2. The van der Waals surface area contributed by atoms with E-state index in [1.165, 1.54) is 5.56 Å². The van der Waals surface area contributed by atoms with E-state index in [1.54, 1.807) is 0 Å². The summed E-state index contributed by atoms with van der Waals surface area (Å²) in [6, 6.07) is 7.86. The lowest BCUT2D eigenvalue weighted by Crippen LogP contribution is -2.15. The van der Waals surface area contributed by atoms with Gasteiger partial charge >= 0.3 is 0 Å². The van der Waals surface area contributed by atoms with Gasteiger partial charge in [-0.25, -0.2) is 0 Å². The third kappa shape index (κ3) is 3.39. The molecular formula is C12H17ClN4. The van der Waals surface area contributed by atoms with E-state index in [2.05, 4.69) is 17.0 Å². The van der Waals surface area contributed by atoms with Gasteiger partial charge in [0.1, 0.15) is 0 Å². The van der Waals surface area contributed by atoms with E-state index >= 15 is 0 Å². The van der Waals surface area contributed by atoms with Crippen LogP contribution in [0.2, 0.25) is 0 Å². The molecule has 0 bridgehead atoms. The summed E-state index contributed by atoms with van der Waals surface area (Å²) in [4.78, 5) is 2.16. The minimum Gasteiger partial charge on any atom is -0.399 e. The summed E-state index contributed by atoms with van der Waals surface area (Å²) in [7, 11) is 3.98. The molecule has 0 unspecified atom stereocenters. The minimum atomic E-state index is 0. The van der Waals surface area contributed by atoms with Crippen molar-refractivity contribution in [2.45, 2.75) is 6.54 Å². The van der Waals surface area contributed by atoms with E-state index in [-0.39, 0.29) is 12.4 Å². The predicted octanol–water partition coefficient (Wildman–Crippen LogP) is 2.06. The number of halogens is 1. The lowest BCUT2D eigenvalue weighted by Gasteiger charge is -2.18. The molecule has 0 radical (unpaired) electrons. The van der Waals surface area contributed by atoms with E-state index in [0.717, 1.165) is 17.9 Å². The molecule has 4 nitrogen and oxygen atoms in total. The Hall–Kier alpha value is -1.68. The van der Waals surface area contributed by atoms with Crippen LogP contribution in [-0.2, 0) is 13.6 Å². The largest absolute Gasteiger partial charge is 0.399 e. The lowest BCUT2D eigenvalue weighted by molar-refractivity contribution is 0.766. The fourth-order valence-electron chi connectivity index (χ4n) is 1.65. The van der Waals surface area contributed by atoms with Crippen LogP contribution in [0.4, 0.5) is 11.4 Å². The van der Waals surface area contributed by atoms with E-state index in [9.17, 15) is 0 Å².